The molecule has 0 aromatic heterocycles. The van der Waals surface area contributed by atoms with Crippen molar-refractivity contribution in [1.29, 1.82) is 0 Å². The number of rotatable bonds is 11. The van der Waals surface area contributed by atoms with E-state index < -0.39 is 0 Å². The summed E-state index contributed by atoms with van der Waals surface area (Å²) in [6, 6.07) is 20.7. The van der Waals surface area contributed by atoms with Crippen molar-refractivity contribution in [2.45, 2.75) is 58.2 Å². The Morgan fingerprint density at radius 3 is 2.25 bits per heavy atom. The molecule has 1 aliphatic carbocycles. The predicted octanol–water partition coefficient (Wildman–Crippen LogP) is 6.29. The standard InChI is InChI=1S/C31H39NO4/c1-22-25(15-10-16-27(22)23-11-6-4-7-12-23)21-36-26-17-30(34-2)28(31(18-26)35-3)19-32-29(20-33)24-13-8-5-9-14-24/h4,6-7,10-12,15-18,24,29,32-33H,5,8-9,13-14,19-21H2,1-3H3/t29-/m1/s1. The van der Waals surface area contributed by atoms with Gasteiger partial charge in [0.1, 0.15) is 23.9 Å². The molecule has 2 N–H and O–H groups in total. The van der Waals surface area contributed by atoms with Crippen LogP contribution < -0.4 is 19.5 Å². The molecular weight excluding hydrogens is 450 g/mol. The van der Waals surface area contributed by atoms with Crippen molar-refractivity contribution in [2.24, 2.45) is 5.92 Å². The van der Waals surface area contributed by atoms with Crippen molar-refractivity contribution in [3.05, 3.63) is 77.4 Å². The fourth-order valence-electron chi connectivity index (χ4n) is 5.30. The zero-order chi connectivity index (χ0) is 25.3. The molecule has 0 aliphatic heterocycles. The first-order chi connectivity index (χ1) is 17.6. The van der Waals surface area contributed by atoms with Crippen LogP contribution in [0.5, 0.6) is 17.2 Å². The predicted molar refractivity (Wildman–Crippen MR) is 145 cm³/mol. The highest BCUT2D eigenvalue weighted by Crippen LogP contribution is 2.35. The number of methoxy groups -OCH3 is 2. The Hall–Kier alpha value is -3.02. The van der Waals surface area contributed by atoms with Gasteiger partial charge in [-0.3, -0.25) is 0 Å². The van der Waals surface area contributed by atoms with E-state index in [9.17, 15) is 5.11 Å². The molecule has 5 nitrogen and oxygen atoms in total. The smallest absolute Gasteiger partial charge is 0.130 e. The maximum atomic E-state index is 10.0. The van der Waals surface area contributed by atoms with Gasteiger partial charge in [-0.2, -0.15) is 0 Å². The van der Waals surface area contributed by atoms with Gasteiger partial charge in [-0.15, -0.1) is 0 Å². The lowest BCUT2D eigenvalue weighted by Gasteiger charge is -2.30. The maximum Gasteiger partial charge on any atom is 0.130 e. The van der Waals surface area contributed by atoms with Gasteiger partial charge >= 0.3 is 0 Å². The zero-order valence-electron chi connectivity index (χ0n) is 21.8. The van der Waals surface area contributed by atoms with E-state index in [1.165, 1.54) is 48.8 Å². The third kappa shape index (κ3) is 6.21. The van der Waals surface area contributed by atoms with Gasteiger partial charge in [-0.05, 0) is 47.9 Å². The molecule has 5 heteroatoms. The number of hydrogen-bond acceptors (Lipinski definition) is 5. The van der Waals surface area contributed by atoms with Crippen molar-refractivity contribution in [3.8, 4) is 28.4 Å². The second-order valence-corrected chi connectivity index (χ2v) is 9.62. The first-order valence-electron chi connectivity index (χ1n) is 13.0. The lowest BCUT2D eigenvalue weighted by molar-refractivity contribution is 0.170. The molecule has 1 fully saturated rings. The van der Waals surface area contributed by atoms with Crippen LogP contribution in [0.3, 0.4) is 0 Å². The maximum absolute atomic E-state index is 10.0. The number of aliphatic hydroxyl groups excluding tert-OH is 1. The summed E-state index contributed by atoms with van der Waals surface area (Å²) >= 11 is 0. The first-order valence-corrected chi connectivity index (χ1v) is 13.0. The minimum Gasteiger partial charge on any atom is -0.496 e. The summed E-state index contributed by atoms with van der Waals surface area (Å²) in [5, 5.41) is 13.6. The van der Waals surface area contributed by atoms with E-state index in [0.717, 1.165) is 11.1 Å². The summed E-state index contributed by atoms with van der Waals surface area (Å²) in [7, 11) is 3.33. The van der Waals surface area contributed by atoms with Crippen LogP contribution in [-0.4, -0.2) is 32.0 Å². The van der Waals surface area contributed by atoms with Gasteiger partial charge in [0.15, 0.2) is 0 Å². The third-order valence-corrected chi connectivity index (χ3v) is 7.46. The molecule has 3 aromatic rings. The summed E-state index contributed by atoms with van der Waals surface area (Å²) in [5.41, 5.74) is 5.69. The third-order valence-electron chi connectivity index (χ3n) is 7.46. The van der Waals surface area contributed by atoms with Gasteiger partial charge < -0.3 is 24.6 Å². The summed E-state index contributed by atoms with van der Waals surface area (Å²) in [5.74, 6) is 2.64. The Balaban J connectivity index is 1.48. The van der Waals surface area contributed by atoms with Crippen molar-refractivity contribution in [2.75, 3.05) is 20.8 Å². The highest BCUT2D eigenvalue weighted by Gasteiger charge is 2.24. The fourth-order valence-corrected chi connectivity index (χ4v) is 5.30. The van der Waals surface area contributed by atoms with Crippen molar-refractivity contribution in [1.82, 2.24) is 5.32 Å². The number of aliphatic hydroxyl groups is 1. The monoisotopic (exact) mass is 489 g/mol. The van der Waals surface area contributed by atoms with Gasteiger partial charge in [0.05, 0.1) is 26.4 Å². The quantitative estimate of drug-likeness (QED) is 0.332. The van der Waals surface area contributed by atoms with Crippen LogP contribution in [0, 0.1) is 12.8 Å². The molecule has 36 heavy (non-hydrogen) atoms. The van der Waals surface area contributed by atoms with Crippen molar-refractivity contribution >= 4 is 0 Å². The SMILES string of the molecule is COc1cc(OCc2cccc(-c3ccccc3)c2C)cc(OC)c1CN[C@H](CO)C1CCCCC1. The highest BCUT2D eigenvalue weighted by atomic mass is 16.5. The van der Waals surface area contributed by atoms with Gasteiger partial charge in [0.25, 0.3) is 0 Å². The average Bonchev–Trinajstić information content (AvgIpc) is 2.94. The normalized spacial score (nSPS) is 14.9. The topological polar surface area (TPSA) is 60.0 Å². The molecule has 0 spiro atoms. The van der Waals surface area contributed by atoms with E-state index >= 15 is 0 Å². The van der Waals surface area contributed by atoms with Crippen LogP contribution in [0.1, 0.15) is 48.8 Å². The van der Waals surface area contributed by atoms with E-state index in [-0.39, 0.29) is 12.6 Å². The van der Waals surface area contributed by atoms with Crippen LogP contribution in [0.4, 0.5) is 0 Å². The molecule has 0 unspecified atom stereocenters. The van der Waals surface area contributed by atoms with Gasteiger partial charge in [0.2, 0.25) is 0 Å². The molecule has 1 aliphatic rings. The zero-order valence-corrected chi connectivity index (χ0v) is 21.8. The molecule has 3 aromatic carbocycles. The molecule has 0 bridgehead atoms. The van der Waals surface area contributed by atoms with E-state index in [1.54, 1.807) is 14.2 Å². The second-order valence-electron chi connectivity index (χ2n) is 9.62. The number of benzene rings is 3. The first kappa shape index (κ1) is 26.1. The average molecular weight is 490 g/mol. The van der Waals surface area contributed by atoms with Crippen LogP contribution in [0.2, 0.25) is 0 Å². The lowest BCUT2D eigenvalue weighted by Crippen LogP contribution is -2.39. The summed E-state index contributed by atoms with van der Waals surface area (Å²) in [6.45, 7) is 3.29. The van der Waals surface area contributed by atoms with Gasteiger partial charge in [-0.1, -0.05) is 67.8 Å². The summed E-state index contributed by atoms with van der Waals surface area (Å²) in [6.07, 6.45) is 6.13. The molecule has 0 heterocycles. The summed E-state index contributed by atoms with van der Waals surface area (Å²) in [4.78, 5) is 0. The molecular formula is C31H39NO4. The molecule has 192 valence electrons. The second kappa shape index (κ2) is 12.8. The fraction of sp³-hybridized carbons (Fsp3) is 0.419. The number of hydrogen-bond donors (Lipinski definition) is 2. The largest absolute Gasteiger partial charge is 0.496 e. The van der Waals surface area contributed by atoms with E-state index in [4.69, 9.17) is 14.2 Å². The Morgan fingerprint density at radius 1 is 0.917 bits per heavy atom. The minimum absolute atomic E-state index is 0.0792. The number of nitrogens with one attached hydrogen (secondary N) is 1. The van der Waals surface area contributed by atoms with Gasteiger partial charge in [0, 0.05) is 24.7 Å². The molecule has 4 rings (SSSR count). The lowest BCUT2D eigenvalue weighted by atomic mass is 9.84. The Labute approximate surface area is 215 Å². The summed E-state index contributed by atoms with van der Waals surface area (Å²) < 4.78 is 17.7. The minimum atomic E-state index is 0.0792. The molecule has 0 amide bonds. The molecule has 0 radical (unpaired) electrons. The van der Waals surface area contributed by atoms with Crippen LogP contribution in [0.25, 0.3) is 11.1 Å². The molecule has 0 saturated heterocycles. The Bertz CT molecular complexity index is 1080. The van der Waals surface area contributed by atoms with Gasteiger partial charge in [-0.25, -0.2) is 0 Å². The van der Waals surface area contributed by atoms with Crippen LogP contribution in [0.15, 0.2) is 60.7 Å². The van der Waals surface area contributed by atoms with Crippen LogP contribution >= 0.6 is 0 Å². The molecule has 1 atom stereocenters. The Kier molecular flexibility index (Phi) is 9.26. The van der Waals surface area contributed by atoms with Crippen molar-refractivity contribution < 1.29 is 19.3 Å². The van der Waals surface area contributed by atoms with Crippen LogP contribution in [-0.2, 0) is 13.2 Å². The van der Waals surface area contributed by atoms with E-state index in [0.29, 0.717) is 36.3 Å². The molecule has 1 saturated carbocycles. The van der Waals surface area contributed by atoms with E-state index in [2.05, 4.69) is 54.7 Å². The number of ether oxygens (including phenoxy) is 3. The van der Waals surface area contributed by atoms with E-state index in [1.807, 2.05) is 18.2 Å². The Morgan fingerprint density at radius 2 is 1.61 bits per heavy atom. The highest BCUT2D eigenvalue weighted by molar-refractivity contribution is 5.68. The van der Waals surface area contributed by atoms with Crippen molar-refractivity contribution in [3.63, 3.8) is 0 Å².